The van der Waals surface area contributed by atoms with Crippen LogP contribution in [0.4, 0.5) is 10.1 Å². The van der Waals surface area contributed by atoms with Crippen LogP contribution in [0.3, 0.4) is 0 Å². The van der Waals surface area contributed by atoms with Gasteiger partial charge in [0.1, 0.15) is 5.82 Å². The molecule has 1 aliphatic rings. The number of hydrogen-bond acceptors (Lipinski definition) is 2. The molecule has 0 aromatic heterocycles. The third kappa shape index (κ3) is 1.02. The van der Waals surface area contributed by atoms with Gasteiger partial charge >= 0.3 is 0 Å². The van der Waals surface area contributed by atoms with Gasteiger partial charge in [0.2, 0.25) is 0 Å². The molecule has 0 spiro atoms. The minimum Gasteiger partial charge on any atom is -0.325 e. The normalized spacial score (nSPS) is 14.3. The van der Waals surface area contributed by atoms with Crippen molar-refractivity contribution in [1.29, 1.82) is 0 Å². The summed E-state index contributed by atoms with van der Waals surface area (Å²) in [7, 11) is 0. The molecule has 2 N–H and O–H groups in total. The molecule has 1 aliphatic heterocycles. The van der Waals surface area contributed by atoms with E-state index in [2.05, 4.69) is 4.99 Å². The third-order valence-electron chi connectivity index (χ3n) is 1.99. The SMILES string of the molecule is NCC1=Nc2cccc(F)c2C1. The maximum absolute atomic E-state index is 13.1. The van der Waals surface area contributed by atoms with E-state index < -0.39 is 0 Å². The largest absolute Gasteiger partial charge is 0.325 e. The average Bonchev–Trinajstić information content (AvgIpc) is 2.49. The van der Waals surface area contributed by atoms with Gasteiger partial charge in [-0.15, -0.1) is 0 Å². The Labute approximate surface area is 69.9 Å². The van der Waals surface area contributed by atoms with Gasteiger partial charge < -0.3 is 5.73 Å². The molecule has 2 rings (SSSR count). The molecule has 62 valence electrons. The van der Waals surface area contributed by atoms with Gasteiger partial charge in [-0.25, -0.2) is 4.39 Å². The van der Waals surface area contributed by atoms with Crippen LogP contribution in [0.5, 0.6) is 0 Å². The molecular formula is C9H9FN2. The fourth-order valence-electron chi connectivity index (χ4n) is 1.36. The van der Waals surface area contributed by atoms with E-state index in [1.165, 1.54) is 6.07 Å². The molecule has 12 heavy (non-hydrogen) atoms. The van der Waals surface area contributed by atoms with Crippen molar-refractivity contribution in [1.82, 2.24) is 0 Å². The van der Waals surface area contributed by atoms with E-state index in [0.29, 0.717) is 18.5 Å². The number of nitrogens with zero attached hydrogens (tertiary/aromatic N) is 1. The average molecular weight is 164 g/mol. The molecule has 1 heterocycles. The third-order valence-corrected chi connectivity index (χ3v) is 1.99. The van der Waals surface area contributed by atoms with Crippen LogP contribution in [-0.4, -0.2) is 12.3 Å². The van der Waals surface area contributed by atoms with E-state index in [9.17, 15) is 4.39 Å². The molecule has 0 atom stereocenters. The molecule has 3 heteroatoms. The molecule has 1 aromatic carbocycles. The van der Waals surface area contributed by atoms with E-state index in [-0.39, 0.29) is 5.82 Å². The second-order valence-corrected chi connectivity index (χ2v) is 2.80. The monoisotopic (exact) mass is 164 g/mol. The first-order valence-corrected chi connectivity index (χ1v) is 3.85. The summed E-state index contributed by atoms with van der Waals surface area (Å²) in [6, 6.07) is 4.92. The van der Waals surface area contributed by atoms with Crippen LogP contribution < -0.4 is 5.73 Å². The first kappa shape index (κ1) is 7.43. The summed E-state index contributed by atoms with van der Waals surface area (Å²) in [5, 5.41) is 0. The van der Waals surface area contributed by atoms with Crippen molar-refractivity contribution >= 4 is 11.4 Å². The summed E-state index contributed by atoms with van der Waals surface area (Å²) in [5.41, 5.74) is 7.68. The first-order valence-electron chi connectivity index (χ1n) is 3.85. The predicted octanol–water partition coefficient (Wildman–Crippen LogP) is 1.41. The Morgan fingerprint density at radius 1 is 1.50 bits per heavy atom. The zero-order valence-corrected chi connectivity index (χ0v) is 6.55. The molecule has 0 radical (unpaired) electrons. The summed E-state index contributed by atoms with van der Waals surface area (Å²) >= 11 is 0. The van der Waals surface area contributed by atoms with Crippen LogP contribution in [0, 0.1) is 5.82 Å². The number of halogens is 1. The molecular weight excluding hydrogens is 155 g/mol. The molecule has 0 unspecified atom stereocenters. The number of nitrogens with two attached hydrogens (primary N) is 1. The standard InChI is InChI=1S/C9H9FN2/c10-8-2-1-3-9-7(8)4-6(5-11)12-9/h1-3H,4-5,11H2. The second kappa shape index (κ2) is 2.68. The van der Waals surface area contributed by atoms with Gasteiger partial charge in [-0.2, -0.15) is 0 Å². The Kier molecular flexibility index (Phi) is 1.66. The van der Waals surface area contributed by atoms with E-state index in [1.807, 2.05) is 0 Å². The van der Waals surface area contributed by atoms with Crippen LogP contribution in [0.1, 0.15) is 5.56 Å². The van der Waals surface area contributed by atoms with E-state index in [0.717, 1.165) is 11.4 Å². The van der Waals surface area contributed by atoms with Gasteiger partial charge in [0.25, 0.3) is 0 Å². The Balaban J connectivity index is 2.45. The van der Waals surface area contributed by atoms with Crippen molar-refractivity contribution in [2.24, 2.45) is 10.7 Å². The molecule has 2 nitrogen and oxygen atoms in total. The Hall–Kier alpha value is -1.22. The summed E-state index contributed by atoms with van der Waals surface area (Å²) in [4.78, 5) is 4.18. The fraction of sp³-hybridized carbons (Fsp3) is 0.222. The molecule has 0 fully saturated rings. The lowest BCUT2D eigenvalue weighted by Crippen LogP contribution is -2.13. The molecule has 0 aliphatic carbocycles. The maximum atomic E-state index is 13.1. The second-order valence-electron chi connectivity index (χ2n) is 2.80. The number of hydrogen-bond donors (Lipinski definition) is 1. The summed E-state index contributed by atoms with van der Waals surface area (Å²) in [5.74, 6) is -0.181. The van der Waals surface area contributed by atoms with E-state index >= 15 is 0 Å². The highest BCUT2D eigenvalue weighted by Gasteiger charge is 2.16. The highest BCUT2D eigenvalue weighted by molar-refractivity contribution is 5.95. The smallest absolute Gasteiger partial charge is 0.128 e. The topological polar surface area (TPSA) is 38.4 Å². The lowest BCUT2D eigenvalue weighted by atomic mass is 10.1. The number of fused-ring (bicyclic) bond motifs is 1. The van der Waals surface area contributed by atoms with Gasteiger partial charge in [0, 0.05) is 24.2 Å². The highest BCUT2D eigenvalue weighted by Crippen LogP contribution is 2.27. The molecule has 0 amide bonds. The minimum atomic E-state index is -0.181. The highest BCUT2D eigenvalue weighted by atomic mass is 19.1. The minimum absolute atomic E-state index is 0.181. The Morgan fingerprint density at radius 3 is 3.00 bits per heavy atom. The van der Waals surface area contributed by atoms with Gasteiger partial charge in [-0.3, -0.25) is 4.99 Å². The fourth-order valence-corrected chi connectivity index (χ4v) is 1.36. The summed E-state index contributed by atoms with van der Waals surface area (Å²) in [6.07, 6.45) is 0.568. The Morgan fingerprint density at radius 2 is 2.33 bits per heavy atom. The van der Waals surface area contributed by atoms with Gasteiger partial charge in [-0.05, 0) is 12.1 Å². The number of benzene rings is 1. The van der Waals surface area contributed by atoms with Crippen LogP contribution in [0.25, 0.3) is 0 Å². The van der Waals surface area contributed by atoms with Crippen LogP contribution in [0.2, 0.25) is 0 Å². The van der Waals surface area contributed by atoms with Crippen molar-refractivity contribution in [2.45, 2.75) is 6.42 Å². The molecule has 0 saturated heterocycles. The van der Waals surface area contributed by atoms with Crippen LogP contribution in [0.15, 0.2) is 23.2 Å². The molecule has 0 bridgehead atoms. The summed E-state index contributed by atoms with van der Waals surface area (Å²) < 4.78 is 13.1. The zero-order valence-electron chi connectivity index (χ0n) is 6.55. The van der Waals surface area contributed by atoms with Crippen LogP contribution >= 0.6 is 0 Å². The number of aliphatic imine (C=N–C) groups is 1. The van der Waals surface area contributed by atoms with Crippen molar-refractivity contribution in [3.05, 3.63) is 29.6 Å². The predicted molar refractivity (Wildman–Crippen MR) is 46.3 cm³/mol. The van der Waals surface area contributed by atoms with Gasteiger partial charge in [-0.1, -0.05) is 6.07 Å². The summed E-state index contributed by atoms with van der Waals surface area (Å²) in [6.45, 7) is 0.411. The molecule has 0 saturated carbocycles. The Bertz CT molecular complexity index is 344. The van der Waals surface area contributed by atoms with Crippen molar-refractivity contribution in [3.63, 3.8) is 0 Å². The van der Waals surface area contributed by atoms with E-state index in [4.69, 9.17) is 5.73 Å². The van der Waals surface area contributed by atoms with Crippen molar-refractivity contribution < 1.29 is 4.39 Å². The van der Waals surface area contributed by atoms with Crippen LogP contribution in [-0.2, 0) is 6.42 Å². The lowest BCUT2D eigenvalue weighted by Gasteiger charge is -1.96. The number of rotatable bonds is 1. The maximum Gasteiger partial charge on any atom is 0.128 e. The van der Waals surface area contributed by atoms with Gasteiger partial charge in [0.15, 0.2) is 0 Å². The van der Waals surface area contributed by atoms with Crippen molar-refractivity contribution in [2.75, 3.05) is 6.54 Å². The first-order chi connectivity index (χ1) is 5.81. The molecule has 1 aromatic rings. The quantitative estimate of drug-likeness (QED) is 0.669. The van der Waals surface area contributed by atoms with Crippen molar-refractivity contribution in [3.8, 4) is 0 Å². The van der Waals surface area contributed by atoms with E-state index in [1.54, 1.807) is 12.1 Å². The van der Waals surface area contributed by atoms with Gasteiger partial charge in [0.05, 0.1) is 5.69 Å². The zero-order chi connectivity index (χ0) is 8.55. The lowest BCUT2D eigenvalue weighted by molar-refractivity contribution is 0.618.